The van der Waals surface area contributed by atoms with Crippen molar-refractivity contribution >= 4 is 41.6 Å². The van der Waals surface area contributed by atoms with Gasteiger partial charge in [-0.05, 0) is 31.5 Å². The van der Waals surface area contributed by atoms with Gasteiger partial charge in [-0.25, -0.2) is 9.97 Å². The number of anilines is 2. The molecule has 0 unspecified atom stereocenters. The van der Waals surface area contributed by atoms with Crippen LogP contribution in [0.25, 0.3) is 0 Å². The highest BCUT2D eigenvalue weighted by Crippen LogP contribution is 2.12. The minimum atomic E-state index is 0. The first-order valence-electron chi connectivity index (χ1n) is 11.3. The number of aliphatic imine (C=N–C) groups is 1. The van der Waals surface area contributed by atoms with Crippen molar-refractivity contribution in [1.82, 2.24) is 25.5 Å². The van der Waals surface area contributed by atoms with Crippen LogP contribution < -0.4 is 20.4 Å². The molecule has 2 heterocycles. The van der Waals surface area contributed by atoms with E-state index in [-0.39, 0.29) is 24.0 Å². The third kappa shape index (κ3) is 8.42. The third-order valence-corrected chi connectivity index (χ3v) is 5.55. The topological polar surface area (TPSA) is 71.9 Å². The lowest BCUT2D eigenvalue weighted by atomic mass is 10.2. The van der Waals surface area contributed by atoms with Crippen LogP contribution >= 0.6 is 24.0 Å². The van der Waals surface area contributed by atoms with E-state index in [2.05, 4.69) is 77.5 Å². The van der Waals surface area contributed by atoms with Crippen LogP contribution in [0, 0.1) is 0 Å². The van der Waals surface area contributed by atoms with Crippen molar-refractivity contribution in [2.75, 3.05) is 75.8 Å². The molecule has 3 rings (SSSR count). The van der Waals surface area contributed by atoms with Crippen LogP contribution in [-0.2, 0) is 0 Å². The summed E-state index contributed by atoms with van der Waals surface area (Å²) < 4.78 is 0. The van der Waals surface area contributed by atoms with Crippen molar-refractivity contribution < 1.29 is 0 Å². The number of halogens is 1. The molecule has 0 radical (unpaired) electrons. The second-order valence-corrected chi connectivity index (χ2v) is 7.57. The SMILES string of the molecule is CCN(CCCNC(=NC)NCCN1CCN(c2ncccn2)CC1)c1ccccc1.I. The quantitative estimate of drug-likeness (QED) is 0.203. The molecule has 0 amide bonds. The minimum Gasteiger partial charge on any atom is -0.372 e. The van der Waals surface area contributed by atoms with Gasteiger partial charge < -0.3 is 20.4 Å². The zero-order valence-corrected chi connectivity index (χ0v) is 21.6. The fraction of sp³-hybridized carbons (Fsp3) is 0.522. The predicted octanol–water partition coefficient (Wildman–Crippen LogP) is 2.30. The number of guanidine groups is 1. The number of rotatable bonds is 10. The monoisotopic (exact) mass is 552 g/mol. The van der Waals surface area contributed by atoms with Crippen LogP contribution in [0.3, 0.4) is 0 Å². The highest BCUT2D eigenvalue weighted by Gasteiger charge is 2.18. The summed E-state index contributed by atoms with van der Waals surface area (Å²) in [5.74, 6) is 1.71. The lowest BCUT2D eigenvalue weighted by molar-refractivity contribution is 0.260. The predicted molar refractivity (Wildman–Crippen MR) is 144 cm³/mol. The molecule has 0 saturated carbocycles. The fourth-order valence-corrected chi connectivity index (χ4v) is 3.76. The molecule has 2 N–H and O–H groups in total. The van der Waals surface area contributed by atoms with Crippen molar-refractivity contribution in [1.29, 1.82) is 0 Å². The molecule has 1 aliphatic rings. The number of benzene rings is 1. The van der Waals surface area contributed by atoms with Gasteiger partial charge in [0.2, 0.25) is 5.95 Å². The molecular weight excluding hydrogens is 515 g/mol. The van der Waals surface area contributed by atoms with Crippen LogP contribution in [0.2, 0.25) is 0 Å². The van der Waals surface area contributed by atoms with Crippen molar-refractivity contribution in [3.05, 3.63) is 48.8 Å². The Kier molecular flexibility index (Phi) is 12.1. The number of hydrogen-bond donors (Lipinski definition) is 2. The number of piperazine rings is 1. The highest BCUT2D eigenvalue weighted by atomic mass is 127. The van der Waals surface area contributed by atoms with Crippen LogP contribution in [0.1, 0.15) is 13.3 Å². The standard InChI is InChI=1S/C23H36N8.HI/c1-3-30(21-9-5-4-6-10-21)15-8-13-25-22(24-2)26-14-16-29-17-19-31(20-18-29)23-27-11-7-12-28-23;/h4-7,9-12H,3,8,13-20H2,1-2H3,(H2,24,25,26);1H. The zero-order valence-electron chi connectivity index (χ0n) is 19.3. The molecule has 1 fully saturated rings. The average molecular weight is 553 g/mol. The maximum Gasteiger partial charge on any atom is 0.225 e. The second kappa shape index (κ2) is 14.8. The van der Waals surface area contributed by atoms with E-state index in [0.29, 0.717) is 0 Å². The Balaban J connectivity index is 0.00000363. The van der Waals surface area contributed by atoms with Gasteiger partial charge in [0.25, 0.3) is 0 Å². The second-order valence-electron chi connectivity index (χ2n) is 7.57. The van der Waals surface area contributed by atoms with E-state index < -0.39 is 0 Å². The Morgan fingerprint density at radius 3 is 2.34 bits per heavy atom. The maximum atomic E-state index is 4.35. The van der Waals surface area contributed by atoms with E-state index in [1.807, 2.05) is 13.1 Å². The Labute approximate surface area is 209 Å². The minimum absolute atomic E-state index is 0. The first-order chi connectivity index (χ1) is 15.3. The van der Waals surface area contributed by atoms with Gasteiger partial charge in [-0.15, -0.1) is 24.0 Å². The molecule has 1 aromatic heterocycles. The molecule has 9 heteroatoms. The van der Waals surface area contributed by atoms with Crippen molar-refractivity contribution in [2.45, 2.75) is 13.3 Å². The van der Waals surface area contributed by atoms with E-state index in [4.69, 9.17) is 0 Å². The zero-order chi connectivity index (χ0) is 21.7. The highest BCUT2D eigenvalue weighted by molar-refractivity contribution is 14.0. The van der Waals surface area contributed by atoms with Crippen LogP contribution in [0.15, 0.2) is 53.8 Å². The number of nitrogens with zero attached hydrogens (tertiary/aromatic N) is 6. The van der Waals surface area contributed by atoms with Crippen molar-refractivity contribution in [3.8, 4) is 0 Å². The van der Waals surface area contributed by atoms with Gasteiger partial charge in [-0.3, -0.25) is 9.89 Å². The van der Waals surface area contributed by atoms with Gasteiger partial charge in [-0.1, -0.05) is 18.2 Å². The normalized spacial score (nSPS) is 14.6. The van der Waals surface area contributed by atoms with Gasteiger partial charge in [0.1, 0.15) is 0 Å². The summed E-state index contributed by atoms with van der Waals surface area (Å²) in [6, 6.07) is 12.4. The third-order valence-electron chi connectivity index (χ3n) is 5.55. The van der Waals surface area contributed by atoms with Crippen molar-refractivity contribution in [2.24, 2.45) is 4.99 Å². The molecule has 32 heavy (non-hydrogen) atoms. The molecule has 8 nitrogen and oxygen atoms in total. The average Bonchev–Trinajstić information content (AvgIpc) is 2.84. The maximum absolute atomic E-state index is 4.35. The van der Waals surface area contributed by atoms with Gasteiger partial charge in [0, 0.05) is 84.0 Å². The molecular formula is C23H37IN8. The Bertz CT molecular complexity index is 766. The lowest BCUT2D eigenvalue weighted by Crippen LogP contribution is -2.49. The molecule has 1 aliphatic heterocycles. The van der Waals surface area contributed by atoms with Crippen molar-refractivity contribution in [3.63, 3.8) is 0 Å². The Morgan fingerprint density at radius 2 is 1.69 bits per heavy atom. The number of aromatic nitrogens is 2. The van der Waals surface area contributed by atoms with Crippen LogP contribution in [0.4, 0.5) is 11.6 Å². The van der Waals surface area contributed by atoms with E-state index >= 15 is 0 Å². The molecule has 0 bridgehead atoms. The largest absolute Gasteiger partial charge is 0.372 e. The molecule has 0 spiro atoms. The molecule has 2 aromatic rings. The Hall–Kier alpha value is -2.14. The summed E-state index contributed by atoms with van der Waals surface area (Å²) in [4.78, 5) is 20.2. The van der Waals surface area contributed by atoms with E-state index in [0.717, 1.165) is 77.2 Å². The van der Waals surface area contributed by atoms with Gasteiger partial charge in [0.05, 0.1) is 0 Å². The smallest absolute Gasteiger partial charge is 0.225 e. The number of nitrogens with one attached hydrogen (secondary N) is 2. The summed E-state index contributed by atoms with van der Waals surface area (Å²) in [5, 5.41) is 6.87. The molecule has 1 aromatic carbocycles. The van der Waals surface area contributed by atoms with E-state index in [9.17, 15) is 0 Å². The molecule has 176 valence electrons. The lowest BCUT2D eigenvalue weighted by Gasteiger charge is -2.34. The van der Waals surface area contributed by atoms with Gasteiger partial charge in [-0.2, -0.15) is 0 Å². The Morgan fingerprint density at radius 1 is 1.00 bits per heavy atom. The molecule has 1 saturated heterocycles. The number of hydrogen-bond acceptors (Lipinski definition) is 6. The first kappa shape index (κ1) is 26.1. The summed E-state index contributed by atoms with van der Waals surface area (Å²) in [6.07, 6.45) is 4.67. The fourth-order valence-electron chi connectivity index (χ4n) is 3.76. The van der Waals surface area contributed by atoms with E-state index in [1.165, 1.54) is 5.69 Å². The van der Waals surface area contributed by atoms with Gasteiger partial charge >= 0.3 is 0 Å². The van der Waals surface area contributed by atoms with Gasteiger partial charge in [0.15, 0.2) is 5.96 Å². The van der Waals surface area contributed by atoms with E-state index in [1.54, 1.807) is 12.4 Å². The first-order valence-corrected chi connectivity index (χ1v) is 11.3. The van der Waals surface area contributed by atoms with Crippen LogP contribution in [0.5, 0.6) is 0 Å². The van der Waals surface area contributed by atoms with Crippen LogP contribution in [-0.4, -0.2) is 86.8 Å². The summed E-state index contributed by atoms with van der Waals surface area (Å²) in [5.41, 5.74) is 1.28. The summed E-state index contributed by atoms with van der Waals surface area (Å²) >= 11 is 0. The molecule has 0 atom stereocenters. The number of para-hydroxylation sites is 1. The summed E-state index contributed by atoms with van der Waals surface area (Å²) in [6.45, 7) is 11.0. The molecule has 0 aliphatic carbocycles. The summed E-state index contributed by atoms with van der Waals surface area (Å²) in [7, 11) is 1.83.